The minimum absolute atomic E-state index is 0.0254. The summed E-state index contributed by atoms with van der Waals surface area (Å²) in [6, 6.07) is 0. The van der Waals surface area contributed by atoms with E-state index in [0.717, 1.165) is 12.8 Å². The maximum absolute atomic E-state index is 10.4. The maximum atomic E-state index is 10.4. The first-order valence-corrected chi connectivity index (χ1v) is 5.15. The molecule has 0 radical (unpaired) electrons. The summed E-state index contributed by atoms with van der Waals surface area (Å²) < 4.78 is 5.02. The van der Waals surface area contributed by atoms with E-state index in [2.05, 4.69) is 10.1 Å². The van der Waals surface area contributed by atoms with E-state index in [9.17, 15) is 4.79 Å². The molecule has 1 aromatic rings. The van der Waals surface area contributed by atoms with Crippen LogP contribution in [0.1, 0.15) is 38.4 Å². The molecule has 1 aromatic heterocycles. The quantitative estimate of drug-likeness (QED) is 0.776. The Bertz CT molecular complexity index is 322. The number of aryl methyl sites for hydroxylation is 1. The molecule has 0 aliphatic carbocycles. The third-order valence-electron chi connectivity index (χ3n) is 2.03. The SMILES string of the molecule is CCCc1noc(CC(C)CC(=O)O)n1. The van der Waals surface area contributed by atoms with Crippen LogP contribution < -0.4 is 0 Å². The van der Waals surface area contributed by atoms with Crippen LogP contribution in [0.25, 0.3) is 0 Å². The smallest absolute Gasteiger partial charge is 0.303 e. The number of carboxylic acid groups (broad SMARTS) is 1. The Hall–Kier alpha value is -1.39. The van der Waals surface area contributed by atoms with Crippen LogP contribution in [-0.2, 0) is 17.6 Å². The van der Waals surface area contributed by atoms with E-state index in [1.165, 1.54) is 0 Å². The maximum Gasteiger partial charge on any atom is 0.303 e. The van der Waals surface area contributed by atoms with E-state index < -0.39 is 5.97 Å². The van der Waals surface area contributed by atoms with Gasteiger partial charge in [-0.3, -0.25) is 4.79 Å². The van der Waals surface area contributed by atoms with Crippen LogP contribution in [0.3, 0.4) is 0 Å². The van der Waals surface area contributed by atoms with E-state index in [4.69, 9.17) is 9.63 Å². The van der Waals surface area contributed by atoms with Crippen LogP contribution in [0.15, 0.2) is 4.52 Å². The predicted molar refractivity (Wildman–Crippen MR) is 53.4 cm³/mol. The average Bonchev–Trinajstić information content (AvgIpc) is 2.51. The van der Waals surface area contributed by atoms with E-state index in [0.29, 0.717) is 18.1 Å². The number of carboxylic acids is 1. The Balaban J connectivity index is 2.45. The Morgan fingerprint density at radius 2 is 2.33 bits per heavy atom. The molecule has 0 aromatic carbocycles. The molecule has 5 nitrogen and oxygen atoms in total. The summed E-state index contributed by atoms with van der Waals surface area (Å²) in [6.45, 7) is 3.90. The summed E-state index contributed by atoms with van der Waals surface area (Å²) >= 11 is 0. The Morgan fingerprint density at radius 1 is 1.60 bits per heavy atom. The molecule has 1 atom stereocenters. The van der Waals surface area contributed by atoms with E-state index in [1.54, 1.807) is 0 Å². The largest absolute Gasteiger partial charge is 0.481 e. The number of aromatic nitrogens is 2. The zero-order chi connectivity index (χ0) is 11.3. The van der Waals surface area contributed by atoms with E-state index in [-0.39, 0.29) is 12.3 Å². The van der Waals surface area contributed by atoms with Crippen LogP contribution >= 0.6 is 0 Å². The molecule has 0 saturated heterocycles. The Morgan fingerprint density at radius 3 is 2.93 bits per heavy atom. The second-order valence-corrected chi connectivity index (χ2v) is 3.76. The molecule has 0 bridgehead atoms. The van der Waals surface area contributed by atoms with Crippen molar-refractivity contribution in [2.24, 2.45) is 5.92 Å². The molecule has 84 valence electrons. The zero-order valence-corrected chi connectivity index (χ0v) is 9.06. The highest BCUT2D eigenvalue weighted by atomic mass is 16.5. The van der Waals surface area contributed by atoms with Crippen molar-refractivity contribution in [3.05, 3.63) is 11.7 Å². The van der Waals surface area contributed by atoms with Gasteiger partial charge in [0.1, 0.15) is 0 Å². The number of hydrogen-bond acceptors (Lipinski definition) is 4. The monoisotopic (exact) mass is 212 g/mol. The van der Waals surface area contributed by atoms with Crippen molar-refractivity contribution in [3.8, 4) is 0 Å². The number of hydrogen-bond donors (Lipinski definition) is 1. The van der Waals surface area contributed by atoms with Crippen LogP contribution in [-0.4, -0.2) is 21.2 Å². The summed E-state index contributed by atoms with van der Waals surface area (Å²) in [5.74, 6) is 0.468. The van der Waals surface area contributed by atoms with Gasteiger partial charge in [0.25, 0.3) is 0 Å². The first-order valence-electron chi connectivity index (χ1n) is 5.15. The van der Waals surface area contributed by atoms with Crippen LogP contribution in [0.5, 0.6) is 0 Å². The van der Waals surface area contributed by atoms with Gasteiger partial charge in [-0.25, -0.2) is 0 Å². The molecule has 1 N–H and O–H groups in total. The number of nitrogens with zero attached hydrogens (tertiary/aromatic N) is 2. The molecule has 0 saturated carbocycles. The van der Waals surface area contributed by atoms with Crippen molar-refractivity contribution in [1.82, 2.24) is 10.1 Å². The lowest BCUT2D eigenvalue weighted by Crippen LogP contribution is -2.07. The van der Waals surface area contributed by atoms with Gasteiger partial charge in [0.15, 0.2) is 5.82 Å². The van der Waals surface area contributed by atoms with Crippen molar-refractivity contribution < 1.29 is 14.4 Å². The molecule has 0 spiro atoms. The minimum atomic E-state index is -0.796. The van der Waals surface area contributed by atoms with Gasteiger partial charge in [-0.2, -0.15) is 4.98 Å². The van der Waals surface area contributed by atoms with Gasteiger partial charge in [-0.15, -0.1) is 0 Å². The van der Waals surface area contributed by atoms with Crippen molar-refractivity contribution in [3.63, 3.8) is 0 Å². The fourth-order valence-electron chi connectivity index (χ4n) is 1.37. The first kappa shape index (κ1) is 11.7. The highest BCUT2D eigenvalue weighted by Gasteiger charge is 2.13. The lowest BCUT2D eigenvalue weighted by Gasteiger charge is -2.03. The Kier molecular flexibility index (Phi) is 4.27. The fourth-order valence-corrected chi connectivity index (χ4v) is 1.37. The molecule has 0 amide bonds. The van der Waals surface area contributed by atoms with Crippen molar-refractivity contribution in [2.45, 2.75) is 39.5 Å². The lowest BCUT2D eigenvalue weighted by molar-refractivity contribution is -0.137. The summed E-state index contributed by atoms with van der Waals surface area (Å²) in [5, 5.41) is 12.4. The van der Waals surface area contributed by atoms with Gasteiger partial charge < -0.3 is 9.63 Å². The van der Waals surface area contributed by atoms with Crippen molar-refractivity contribution in [1.29, 1.82) is 0 Å². The first-order chi connectivity index (χ1) is 7.11. The molecular weight excluding hydrogens is 196 g/mol. The van der Waals surface area contributed by atoms with Gasteiger partial charge in [0.2, 0.25) is 5.89 Å². The fraction of sp³-hybridized carbons (Fsp3) is 0.700. The lowest BCUT2D eigenvalue weighted by atomic mass is 10.0. The predicted octanol–water partition coefficient (Wildman–Crippen LogP) is 1.68. The van der Waals surface area contributed by atoms with Crippen LogP contribution in [0, 0.1) is 5.92 Å². The van der Waals surface area contributed by atoms with Crippen LogP contribution in [0.2, 0.25) is 0 Å². The summed E-state index contributed by atoms with van der Waals surface area (Å²) in [5.41, 5.74) is 0. The van der Waals surface area contributed by atoms with E-state index >= 15 is 0 Å². The topological polar surface area (TPSA) is 76.2 Å². The van der Waals surface area contributed by atoms with Gasteiger partial charge in [-0.1, -0.05) is 19.0 Å². The highest BCUT2D eigenvalue weighted by Crippen LogP contribution is 2.10. The highest BCUT2D eigenvalue weighted by molar-refractivity contribution is 5.66. The average molecular weight is 212 g/mol. The Labute approximate surface area is 88.5 Å². The molecule has 1 rings (SSSR count). The summed E-state index contributed by atoms with van der Waals surface area (Å²) in [7, 11) is 0. The van der Waals surface area contributed by atoms with Crippen molar-refractivity contribution >= 4 is 5.97 Å². The molecule has 1 heterocycles. The third kappa shape index (κ3) is 4.10. The number of carbonyl (C=O) groups is 1. The van der Waals surface area contributed by atoms with E-state index in [1.807, 2.05) is 13.8 Å². The number of rotatable bonds is 6. The molecule has 1 unspecified atom stereocenters. The number of aliphatic carboxylic acids is 1. The molecule has 15 heavy (non-hydrogen) atoms. The molecule has 5 heteroatoms. The molecule has 0 aliphatic rings. The molecule has 0 aliphatic heterocycles. The minimum Gasteiger partial charge on any atom is -0.481 e. The third-order valence-corrected chi connectivity index (χ3v) is 2.03. The summed E-state index contributed by atoms with van der Waals surface area (Å²) in [4.78, 5) is 14.6. The second-order valence-electron chi connectivity index (χ2n) is 3.76. The zero-order valence-electron chi connectivity index (χ0n) is 9.06. The van der Waals surface area contributed by atoms with Gasteiger partial charge in [0, 0.05) is 19.3 Å². The van der Waals surface area contributed by atoms with Crippen molar-refractivity contribution in [2.75, 3.05) is 0 Å². The molecular formula is C10H16N2O3. The van der Waals surface area contributed by atoms with Gasteiger partial charge >= 0.3 is 5.97 Å². The van der Waals surface area contributed by atoms with Gasteiger partial charge in [0.05, 0.1) is 0 Å². The van der Waals surface area contributed by atoms with Crippen LogP contribution in [0.4, 0.5) is 0 Å². The normalized spacial score (nSPS) is 12.7. The standard InChI is InChI=1S/C10H16N2O3/c1-3-4-8-11-9(15-12-8)5-7(2)6-10(13)14/h7H,3-6H2,1-2H3,(H,13,14). The summed E-state index contributed by atoms with van der Waals surface area (Å²) in [6.07, 6.45) is 2.44. The van der Waals surface area contributed by atoms with Gasteiger partial charge in [-0.05, 0) is 12.3 Å². The molecule has 0 fully saturated rings. The second kappa shape index (κ2) is 5.48.